The number of carbonyl (C=O) groups is 2. The lowest BCUT2D eigenvalue weighted by Crippen LogP contribution is -2.08. The highest BCUT2D eigenvalue weighted by Gasteiger charge is 2.30. The van der Waals surface area contributed by atoms with E-state index in [1.807, 2.05) is 61.5 Å². The predicted octanol–water partition coefficient (Wildman–Crippen LogP) is 5.64. The lowest BCUT2D eigenvalue weighted by molar-refractivity contribution is 0.0703. The predicted molar refractivity (Wildman–Crippen MR) is 126 cm³/mol. The number of para-hydroxylation sites is 1. The largest absolute Gasteiger partial charge is 0.452 e. The van der Waals surface area contributed by atoms with Gasteiger partial charge in [-0.3, -0.25) is 4.79 Å². The van der Waals surface area contributed by atoms with E-state index in [0.29, 0.717) is 22.5 Å². The third-order valence-electron chi connectivity index (χ3n) is 5.49. The number of furan rings is 1. The molecule has 1 aliphatic rings. The Balaban J connectivity index is 1.39. The minimum Gasteiger partial charge on any atom is -0.452 e. The molecular formula is C27H21NO5. The van der Waals surface area contributed by atoms with Crippen LogP contribution < -0.4 is 14.4 Å². The standard InChI is InChI=1S/C27H21NO5/c1-16-12-20(31-27(30)24-14-18-6-4-5-7-21(18)32-24)15-22-25(16)26(29)23(33-22)13-17-8-10-19(11-9-17)28(2)3/h4-15H,1-3H3/b23-13-. The monoisotopic (exact) mass is 439 g/mol. The summed E-state index contributed by atoms with van der Waals surface area (Å²) in [6, 6.07) is 20.0. The second-order valence-electron chi connectivity index (χ2n) is 8.08. The first kappa shape index (κ1) is 20.6. The molecule has 6 heteroatoms. The highest BCUT2D eigenvalue weighted by Crippen LogP contribution is 2.38. The number of hydrogen-bond donors (Lipinski definition) is 0. The number of carbonyl (C=O) groups excluding carboxylic acids is 2. The number of allylic oxidation sites excluding steroid dienone is 1. The minimum absolute atomic E-state index is 0.105. The van der Waals surface area contributed by atoms with E-state index < -0.39 is 5.97 Å². The molecule has 0 N–H and O–H groups in total. The minimum atomic E-state index is -0.619. The molecular weight excluding hydrogens is 418 g/mol. The first-order valence-corrected chi connectivity index (χ1v) is 10.5. The quantitative estimate of drug-likeness (QED) is 0.233. The Bertz CT molecular complexity index is 1390. The van der Waals surface area contributed by atoms with Gasteiger partial charge in [-0.2, -0.15) is 0 Å². The average Bonchev–Trinajstić information content (AvgIpc) is 3.36. The van der Waals surface area contributed by atoms with Gasteiger partial charge in [-0.15, -0.1) is 0 Å². The van der Waals surface area contributed by atoms with Gasteiger partial charge in [-0.05, 0) is 54.5 Å². The Hall–Kier alpha value is -4.32. The molecule has 1 aliphatic heterocycles. The zero-order valence-corrected chi connectivity index (χ0v) is 18.4. The normalized spacial score (nSPS) is 13.8. The molecule has 33 heavy (non-hydrogen) atoms. The van der Waals surface area contributed by atoms with Crippen molar-refractivity contribution < 1.29 is 23.5 Å². The number of ketones is 1. The van der Waals surface area contributed by atoms with Crippen LogP contribution in [-0.4, -0.2) is 25.8 Å². The third kappa shape index (κ3) is 3.87. The van der Waals surface area contributed by atoms with Gasteiger partial charge in [0, 0.05) is 31.2 Å². The molecule has 0 unspecified atom stereocenters. The van der Waals surface area contributed by atoms with Crippen LogP contribution in [0.1, 0.15) is 32.0 Å². The molecule has 2 heterocycles. The number of hydrogen-bond acceptors (Lipinski definition) is 6. The summed E-state index contributed by atoms with van der Waals surface area (Å²) < 4.78 is 16.9. The van der Waals surface area contributed by atoms with Crippen molar-refractivity contribution in [1.29, 1.82) is 0 Å². The molecule has 0 saturated heterocycles. The lowest BCUT2D eigenvalue weighted by atomic mass is 10.0. The van der Waals surface area contributed by atoms with Gasteiger partial charge in [0.15, 0.2) is 5.76 Å². The SMILES string of the molecule is Cc1cc(OC(=O)c2cc3ccccc3o2)cc2c1C(=O)/C(=C/c1ccc(N(C)C)cc1)O2. The second-order valence-corrected chi connectivity index (χ2v) is 8.08. The van der Waals surface area contributed by atoms with Gasteiger partial charge in [0.25, 0.3) is 0 Å². The highest BCUT2D eigenvalue weighted by molar-refractivity contribution is 6.15. The highest BCUT2D eigenvalue weighted by atomic mass is 16.5. The molecule has 0 aliphatic carbocycles. The van der Waals surface area contributed by atoms with Crippen LogP contribution >= 0.6 is 0 Å². The Morgan fingerprint density at radius 2 is 1.76 bits per heavy atom. The van der Waals surface area contributed by atoms with Crippen molar-refractivity contribution in [3.05, 3.63) is 94.9 Å². The molecule has 0 atom stereocenters. The molecule has 5 rings (SSSR count). The Morgan fingerprint density at radius 1 is 1.00 bits per heavy atom. The fraction of sp³-hybridized carbons (Fsp3) is 0.111. The molecule has 3 aromatic carbocycles. The first-order valence-electron chi connectivity index (χ1n) is 10.5. The van der Waals surface area contributed by atoms with Crippen LogP contribution in [0.3, 0.4) is 0 Å². The van der Waals surface area contributed by atoms with Crippen LogP contribution in [0.4, 0.5) is 5.69 Å². The van der Waals surface area contributed by atoms with Gasteiger partial charge in [0.1, 0.15) is 17.1 Å². The summed E-state index contributed by atoms with van der Waals surface area (Å²) in [7, 11) is 3.93. The number of anilines is 1. The van der Waals surface area contributed by atoms with Crippen molar-refractivity contribution in [3.63, 3.8) is 0 Å². The van der Waals surface area contributed by atoms with E-state index in [0.717, 1.165) is 16.6 Å². The molecule has 0 radical (unpaired) electrons. The zero-order valence-electron chi connectivity index (χ0n) is 18.4. The van der Waals surface area contributed by atoms with Crippen LogP contribution in [0.25, 0.3) is 17.0 Å². The van der Waals surface area contributed by atoms with Crippen molar-refractivity contribution in [3.8, 4) is 11.5 Å². The summed E-state index contributed by atoms with van der Waals surface area (Å²) >= 11 is 0. The summed E-state index contributed by atoms with van der Waals surface area (Å²) in [6.07, 6.45) is 1.71. The molecule has 0 amide bonds. The Morgan fingerprint density at radius 3 is 2.48 bits per heavy atom. The molecule has 164 valence electrons. The van der Waals surface area contributed by atoms with Crippen LogP contribution in [-0.2, 0) is 0 Å². The van der Waals surface area contributed by atoms with Crippen molar-refractivity contribution in [2.24, 2.45) is 0 Å². The maximum Gasteiger partial charge on any atom is 0.379 e. The molecule has 1 aromatic heterocycles. The molecule has 0 fully saturated rings. The molecule has 0 bridgehead atoms. The smallest absolute Gasteiger partial charge is 0.379 e. The van der Waals surface area contributed by atoms with Gasteiger partial charge in [-0.1, -0.05) is 30.3 Å². The number of nitrogens with zero attached hydrogens (tertiary/aromatic N) is 1. The van der Waals surface area contributed by atoms with Crippen LogP contribution in [0.5, 0.6) is 11.5 Å². The Kier molecular flexibility index (Phi) is 4.98. The number of fused-ring (bicyclic) bond motifs is 2. The van der Waals surface area contributed by atoms with E-state index in [9.17, 15) is 9.59 Å². The number of Topliss-reactive ketones (excluding diaryl/α,β-unsaturated/α-hetero) is 1. The number of aryl methyl sites for hydroxylation is 1. The fourth-order valence-corrected chi connectivity index (χ4v) is 3.80. The second kappa shape index (κ2) is 7.98. The van der Waals surface area contributed by atoms with Crippen LogP contribution in [0, 0.1) is 6.92 Å². The van der Waals surface area contributed by atoms with Crippen LogP contribution in [0.15, 0.2) is 76.9 Å². The van der Waals surface area contributed by atoms with E-state index in [1.165, 1.54) is 0 Å². The summed E-state index contributed by atoms with van der Waals surface area (Å²) in [4.78, 5) is 27.5. The number of benzene rings is 3. The van der Waals surface area contributed by atoms with E-state index in [-0.39, 0.29) is 23.1 Å². The van der Waals surface area contributed by atoms with Crippen molar-refractivity contribution in [1.82, 2.24) is 0 Å². The summed E-state index contributed by atoms with van der Waals surface area (Å²) in [5.41, 5.74) is 3.65. The number of rotatable bonds is 4. The summed E-state index contributed by atoms with van der Waals surface area (Å²) in [5, 5.41) is 0.817. The first-order chi connectivity index (χ1) is 15.9. The van der Waals surface area contributed by atoms with Crippen molar-refractivity contribution in [2.75, 3.05) is 19.0 Å². The van der Waals surface area contributed by atoms with Gasteiger partial charge >= 0.3 is 5.97 Å². The average molecular weight is 439 g/mol. The Labute approximate surface area is 190 Å². The van der Waals surface area contributed by atoms with Gasteiger partial charge < -0.3 is 18.8 Å². The summed E-state index contributed by atoms with van der Waals surface area (Å²) in [6.45, 7) is 1.79. The van der Waals surface area contributed by atoms with Crippen LogP contribution in [0.2, 0.25) is 0 Å². The van der Waals surface area contributed by atoms with Crippen molar-refractivity contribution in [2.45, 2.75) is 6.92 Å². The van der Waals surface area contributed by atoms with E-state index in [2.05, 4.69) is 0 Å². The number of esters is 1. The lowest BCUT2D eigenvalue weighted by Gasteiger charge is -2.11. The van der Waals surface area contributed by atoms with Crippen molar-refractivity contribution >= 4 is 34.5 Å². The van der Waals surface area contributed by atoms with E-state index >= 15 is 0 Å². The number of ether oxygens (including phenoxy) is 2. The molecule has 4 aromatic rings. The molecule has 6 nitrogen and oxygen atoms in total. The maximum atomic E-state index is 12.9. The third-order valence-corrected chi connectivity index (χ3v) is 5.49. The molecule has 0 saturated carbocycles. The van der Waals surface area contributed by atoms with Gasteiger partial charge in [0.2, 0.25) is 11.5 Å². The van der Waals surface area contributed by atoms with E-state index in [1.54, 1.807) is 37.3 Å². The van der Waals surface area contributed by atoms with E-state index in [4.69, 9.17) is 13.9 Å². The summed E-state index contributed by atoms with van der Waals surface area (Å²) in [5.74, 6) is 0.158. The molecule has 0 spiro atoms. The maximum absolute atomic E-state index is 12.9. The fourth-order valence-electron chi connectivity index (χ4n) is 3.80. The van der Waals surface area contributed by atoms with Gasteiger partial charge in [-0.25, -0.2) is 4.79 Å². The zero-order chi connectivity index (χ0) is 23.1. The van der Waals surface area contributed by atoms with Gasteiger partial charge in [0.05, 0.1) is 5.56 Å². The topological polar surface area (TPSA) is 69.0 Å².